The molecule has 56 heavy (non-hydrogen) atoms. The number of aryl methyl sites for hydroxylation is 1. The number of hydrogen-bond donors (Lipinski definition) is 3. The number of fused-ring (bicyclic) bond motifs is 3. The van der Waals surface area contributed by atoms with E-state index in [9.17, 15) is 36.8 Å². The zero-order chi connectivity index (χ0) is 40.4. The highest BCUT2D eigenvalue weighted by molar-refractivity contribution is 7.90. The molecular weight excluding hydrogens is 746 g/mol. The molecule has 14 nitrogen and oxygen atoms in total. The van der Waals surface area contributed by atoms with Gasteiger partial charge in [-0.05, 0) is 76.1 Å². The summed E-state index contributed by atoms with van der Waals surface area (Å²) in [7, 11) is -4.32. The molecule has 0 spiro atoms. The lowest BCUT2D eigenvalue weighted by molar-refractivity contribution is -0.141. The van der Waals surface area contributed by atoms with Crippen molar-refractivity contribution in [2.45, 2.75) is 126 Å². The van der Waals surface area contributed by atoms with Crippen LogP contribution < -0.4 is 15.4 Å². The summed E-state index contributed by atoms with van der Waals surface area (Å²) in [5.74, 6) is -3.26. The third kappa shape index (κ3) is 8.85. The highest BCUT2D eigenvalue weighted by Gasteiger charge is 2.62. The molecule has 2 aromatic carbocycles. The van der Waals surface area contributed by atoms with Crippen LogP contribution in [0.15, 0.2) is 59.5 Å². The van der Waals surface area contributed by atoms with Gasteiger partial charge in [0, 0.05) is 24.4 Å². The number of carbonyl (C=O) groups is 5. The zero-order valence-electron chi connectivity index (χ0n) is 32.1. The van der Waals surface area contributed by atoms with Gasteiger partial charge in [0.25, 0.3) is 15.9 Å². The number of alkyl carbamates (subject to hydrolysis) is 1. The lowest BCUT2D eigenvalue weighted by Crippen LogP contribution is -2.58. The number of nitrogens with zero attached hydrogens (tertiary/aromatic N) is 2. The Morgan fingerprint density at radius 1 is 1.05 bits per heavy atom. The zero-order valence-corrected chi connectivity index (χ0v) is 33.0. The number of allylic oxidation sites excluding steroid dienone is 1. The molecule has 2 aromatic rings. The summed E-state index contributed by atoms with van der Waals surface area (Å²) in [6.45, 7) is 6.85. The van der Waals surface area contributed by atoms with Crippen LogP contribution in [0.3, 0.4) is 0 Å². The quantitative estimate of drug-likeness (QED) is 0.334. The van der Waals surface area contributed by atoms with E-state index < -0.39 is 81.0 Å². The lowest BCUT2D eigenvalue weighted by atomic mass is 10.0. The third-order valence-electron chi connectivity index (χ3n) is 11.2. The van der Waals surface area contributed by atoms with Gasteiger partial charge in [-0.2, -0.15) is 0 Å². The van der Waals surface area contributed by atoms with Gasteiger partial charge >= 0.3 is 12.2 Å². The Kier molecular flexibility index (Phi) is 11.8. The highest BCUT2D eigenvalue weighted by atomic mass is 32.2. The Labute approximate surface area is 326 Å². The van der Waals surface area contributed by atoms with Crippen LogP contribution >= 0.6 is 0 Å². The first-order valence-corrected chi connectivity index (χ1v) is 20.7. The topological polar surface area (TPSA) is 181 Å². The van der Waals surface area contributed by atoms with Crippen molar-refractivity contribution in [2.24, 2.45) is 5.92 Å². The molecule has 3 N–H and O–H groups in total. The number of amides is 5. The summed E-state index contributed by atoms with van der Waals surface area (Å²) in [4.78, 5) is 71.8. The molecule has 3 aliphatic heterocycles. The number of hydrogen-bond acceptors (Lipinski definition) is 9. The fourth-order valence-corrected chi connectivity index (χ4v) is 8.80. The number of halogens is 1. The molecule has 3 heterocycles. The molecule has 1 aliphatic carbocycles. The first-order chi connectivity index (χ1) is 26.5. The van der Waals surface area contributed by atoms with Crippen molar-refractivity contribution in [2.75, 3.05) is 6.54 Å². The molecule has 0 aromatic heterocycles. The van der Waals surface area contributed by atoms with Gasteiger partial charge in [0.05, 0.1) is 18.0 Å². The molecule has 0 bridgehead atoms. The molecule has 302 valence electrons. The Bertz CT molecular complexity index is 2020. The molecule has 2 fully saturated rings. The smallest absolute Gasteiger partial charge is 0.410 e. The molecule has 5 amide bonds. The monoisotopic (exact) mass is 795 g/mol. The maximum atomic E-state index is 14.5. The third-order valence-corrected chi connectivity index (χ3v) is 12.7. The van der Waals surface area contributed by atoms with Gasteiger partial charge in [-0.1, -0.05) is 62.2 Å². The van der Waals surface area contributed by atoms with E-state index in [4.69, 9.17) is 9.47 Å². The number of rotatable bonds is 7. The van der Waals surface area contributed by atoms with Crippen LogP contribution in [-0.4, -0.2) is 84.0 Å². The van der Waals surface area contributed by atoms with Crippen LogP contribution in [-0.2, 0) is 47.0 Å². The van der Waals surface area contributed by atoms with E-state index in [1.54, 1.807) is 57.2 Å². The lowest BCUT2D eigenvalue weighted by Gasteiger charge is -2.30. The largest absolute Gasteiger partial charge is 0.444 e. The summed E-state index contributed by atoms with van der Waals surface area (Å²) >= 11 is 0. The van der Waals surface area contributed by atoms with Crippen LogP contribution in [0.5, 0.6) is 0 Å². The molecule has 1 saturated heterocycles. The van der Waals surface area contributed by atoms with E-state index in [1.807, 2.05) is 13.0 Å². The molecule has 16 heteroatoms. The molecule has 6 rings (SSSR count). The molecule has 5 atom stereocenters. The Morgan fingerprint density at radius 3 is 2.55 bits per heavy atom. The summed E-state index contributed by atoms with van der Waals surface area (Å²) < 4.78 is 54.9. The average molecular weight is 796 g/mol. The molecule has 4 aliphatic rings. The van der Waals surface area contributed by atoms with Crippen molar-refractivity contribution in [3.8, 4) is 0 Å². The minimum absolute atomic E-state index is 0.0136. The predicted molar refractivity (Wildman–Crippen MR) is 202 cm³/mol. The van der Waals surface area contributed by atoms with E-state index in [0.29, 0.717) is 42.4 Å². The highest BCUT2D eigenvalue weighted by Crippen LogP contribution is 2.46. The van der Waals surface area contributed by atoms with Gasteiger partial charge < -0.3 is 25.0 Å². The summed E-state index contributed by atoms with van der Waals surface area (Å²) in [6, 6.07) is 8.44. The number of carbonyl (C=O) groups excluding carboxylic acids is 5. The van der Waals surface area contributed by atoms with Crippen molar-refractivity contribution in [1.82, 2.24) is 25.2 Å². The maximum absolute atomic E-state index is 14.5. The number of nitrogens with one attached hydrogen (secondary N) is 3. The molecule has 0 unspecified atom stereocenters. The number of ether oxygens (including phenoxy) is 2. The van der Waals surface area contributed by atoms with Crippen LogP contribution in [0.1, 0.15) is 88.8 Å². The summed E-state index contributed by atoms with van der Waals surface area (Å²) in [6.07, 6.45) is 4.50. The average Bonchev–Trinajstić information content (AvgIpc) is 3.43. The van der Waals surface area contributed by atoms with E-state index >= 15 is 0 Å². The van der Waals surface area contributed by atoms with Gasteiger partial charge in [0.15, 0.2) is 0 Å². The standard InChI is InChI=1S/C40H50FN5O9S/c1-5-39(3,4)55-37(50)42-31-18-10-8-6-7-9-16-27-21-40(27,36(49)44-56(52,53)33-19-12-11-14-25(33)2)43-34(47)32-20-28(23-46(32)35(31)48)54-38(51)45-22-26-15-13-17-30(41)29(26)24-45/h9,11-17,19,27-28,31-32H,5-8,10,18,20-24H2,1-4H3,(H,42,50)(H,43,47)(H,44,49)/t27-,28-,31+,32+,40-/m1/s1. The van der Waals surface area contributed by atoms with Crippen molar-refractivity contribution < 1.29 is 46.3 Å². The second kappa shape index (κ2) is 16.2. The van der Waals surface area contributed by atoms with E-state index in [2.05, 4.69) is 15.4 Å². The second-order valence-corrected chi connectivity index (χ2v) is 17.4. The van der Waals surface area contributed by atoms with Gasteiger partial charge in [-0.25, -0.2) is 27.1 Å². The number of sulfonamides is 1. The normalized spacial score (nSPS) is 25.4. The fourth-order valence-electron chi connectivity index (χ4n) is 7.51. The van der Waals surface area contributed by atoms with E-state index in [0.717, 1.165) is 6.42 Å². The summed E-state index contributed by atoms with van der Waals surface area (Å²) in [5.41, 5.74) is -1.01. The van der Waals surface area contributed by atoms with Gasteiger partial charge in [0.1, 0.15) is 35.1 Å². The fraction of sp³-hybridized carbons (Fsp3) is 0.525. The van der Waals surface area contributed by atoms with Crippen LogP contribution in [0.25, 0.3) is 0 Å². The van der Waals surface area contributed by atoms with Crippen LogP contribution in [0.4, 0.5) is 14.0 Å². The van der Waals surface area contributed by atoms with E-state index in [1.165, 1.54) is 21.9 Å². The Balaban J connectivity index is 1.27. The second-order valence-electron chi connectivity index (χ2n) is 15.7. The van der Waals surface area contributed by atoms with Gasteiger partial charge in [-0.3, -0.25) is 19.3 Å². The van der Waals surface area contributed by atoms with Crippen molar-refractivity contribution in [3.05, 3.63) is 77.1 Å². The molecule has 1 saturated carbocycles. The Morgan fingerprint density at radius 2 is 1.82 bits per heavy atom. The van der Waals surface area contributed by atoms with E-state index in [-0.39, 0.29) is 43.8 Å². The maximum Gasteiger partial charge on any atom is 0.410 e. The van der Waals surface area contributed by atoms with Gasteiger partial charge in [0.2, 0.25) is 11.8 Å². The Hall–Kier alpha value is -4.99. The molecular formula is C40H50FN5O9S. The summed E-state index contributed by atoms with van der Waals surface area (Å²) in [5, 5.41) is 5.50. The van der Waals surface area contributed by atoms with Crippen molar-refractivity contribution in [1.29, 1.82) is 0 Å². The minimum Gasteiger partial charge on any atom is -0.444 e. The SMILES string of the molecule is CCC(C)(C)OC(=O)N[C@H]1CCCCCC=C[C@@H]2C[C@@]2(C(=O)NS(=O)(=O)c2ccccc2C)NC(=O)[C@@H]2C[C@@H](OC(=O)N3Cc4cccc(F)c4C3)CN2C1=O. The predicted octanol–water partition coefficient (Wildman–Crippen LogP) is 4.74. The first kappa shape index (κ1) is 40.7. The number of benzene rings is 2. The van der Waals surface area contributed by atoms with Crippen molar-refractivity contribution >= 4 is 39.9 Å². The van der Waals surface area contributed by atoms with Crippen LogP contribution in [0, 0.1) is 18.7 Å². The van der Waals surface area contributed by atoms with Gasteiger partial charge in [-0.15, -0.1) is 0 Å². The first-order valence-electron chi connectivity index (χ1n) is 19.2. The minimum atomic E-state index is -4.32. The van der Waals surface area contributed by atoms with Crippen molar-refractivity contribution in [3.63, 3.8) is 0 Å². The van der Waals surface area contributed by atoms with Crippen LogP contribution in [0.2, 0.25) is 0 Å². The molecule has 0 radical (unpaired) electrons.